The Kier molecular flexibility index (Phi) is 22.7. The van der Waals surface area contributed by atoms with Gasteiger partial charge in [-0.05, 0) is 144 Å². The molecule has 486 valence electrons. The first-order valence-corrected chi connectivity index (χ1v) is 37.1. The lowest BCUT2D eigenvalue weighted by Gasteiger charge is -2.35. The molecule has 4 aliphatic rings. The van der Waals surface area contributed by atoms with E-state index < -0.39 is 69.5 Å². The van der Waals surface area contributed by atoms with Crippen LogP contribution in [-0.4, -0.2) is 178 Å². The minimum atomic E-state index is -3.35. The molecule has 2 saturated carbocycles. The standard InChI is InChI=1S/C33H38FN3O6S2.C23H27N3O7S2.C9H10FN/c1-44(40,41)29-16-12-24(13-17-29)23-6-8-26(9-7-23)32(38)35-31(33(39)36-18-20-37(21-19-36)45(2,42)43)5-3-4-27-22-30(27)25-10-14-28(34)15-11-25;1-34(30,31)20-9-7-18(8-10-20)17-3-5-19(6-4-17)22(28)24-21(11-16-27)23(29)25-12-14-26(15-13-25)35(2,32)33;10-7-3-1-6(2-4-7)8-5-9(8)11/h6-17,27,30-31H,3-5,18-22H2,1-2H3,(H,35,38);3-10,16,21H,11-15H2,1-2H3,(H,24,28);1-4,8-9H,5,11H2/t27-,30+,31+;21-;8-,9+/m100/s1. The maximum atomic E-state index is 13.6. The van der Waals surface area contributed by atoms with Crippen molar-refractivity contribution in [2.24, 2.45) is 11.7 Å². The number of rotatable bonds is 20. The van der Waals surface area contributed by atoms with Gasteiger partial charge in [0.15, 0.2) is 19.7 Å². The number of hydrogen-bond acceptors (Lipinski definition) is 14. The fraction of sp³-hybridized carbons (Fsp3) is 0.369. The van der Waals surface area contributed by atoms with Crippen molar-refractivity contribution in [2.75, 3.05) is 77.4 Å². The Morgan fingerprint density at radius 2 is 0.835 bits per heavy atom. The number of hydrogen-bond donors (Lipinski definition) is 3. The number of nitrogens with zero attached hydrogens (tertiary/aromatic N) is 4. The second-order valence-corrected chi connectivity index (χ2v) is 31.3. The van der Waals surface area contributed by atoms with Crippen LogP contribution in [-0.2, 0) is 54.1 Å². The second-order valence-electron chi connectivity index (χ2n) is 23.3. The molecular weight excluding hydrogens is 1250 g/mol. The maximum Gasteiger partial charge on any atom is 0.251 e. The summed E-state index contributed by atoms with van der Waals surface area (Å²) in [7, 11) is -13.3. The van der Waals surface area contributed by atoms with Gasteiger partial charge >= 0.3 is 0 Å². The summed E-state index contributed by atoms with van der Waals surface area (Å²) in [4.78, 5) is 67.3. The zero-order chi connectivity index (χ0) is 66.0. The van der Waals surface area contributed by atoms with Crippen LogP contribution in [0.5, 0.6) is 0 Å². The number of piperazine rings is 2. The first-order valence-electron chi connectivity index (χ1n) is 29.6. The molecule has 2 aliphatic heterocycles. The Labute approximate surface area is 531 Å². The van der Waals surface area contributed by atoms with E-state index in [0.29, 0.717) is 48.5 Å². The smallest absolute Gasteiger partial charge is 0.251 e. The number of aldehydes is 1. The molecule has 0 aromatic heterocycles. The lowest BCUT2D eigenvalue weighted by Crippen LogP contribution is -2.55. The predicted molar refractivity (Wildman–Crippen MR) is 342 cm³/mol. The van der Waals surface area contributed by atoms with Crippen LogP contribution in [0.4, 0.5) is 8.78 Å². The van der Waals surface area contributed by atoms with Crippen LogP contribution >= 0.6 is 0 Å². The van der Waals surface area contributed by atoms with Crippen molar-refractivity contribution in [3.05, 3.63) is 179 Å². The van der Waals surface area contributed by atoms with Crippen LogP contribution in [0.1, 0.15) is 82.2 Å². The third-order valence-electron chi connectivity index (χ3n) is 16.5. The van der Waals surface area contributed by atoms with Gasteiger partial charge in [0.2, 0.25) is 31.9 Å². The van der Waals surface area contributed by atoms with Crippen LogP contribution < -0.4 is 16.4 Å². The number of benzene rings is 6. The van der Waals surface area contributed by atoms with E-state index in [1.54, 1.807) is 89.8 Å². The molecule has 2 saturated heterocycles. The van der Waals surface area contributed by atoms with Crippen LogP contribution in [0.3, 0.4) is 0 Å². The third-order valence-corrected chi connectivity index (χ3v) is 21.4. The lowest BCUT2D eigenvalue weighted by molar-refractivity contribution is -0.135. The number of nitrogens with two attached hydrogens (primary N) is 1. The number of sulfonamides is 2. The average molecular weight is 1330 g/mol. The van der Waals surface area contributed by atoms with Crippen molar-refractivity contribution >= 4 is 69.6 Å². The van der Waals surface area contributed by atoms with E-state index in [2.05, 4.69) is 10.6 Å². The van der Waals surface area contributed by atoms with Gasteiger partial charge in [0.05, 0.1) is 22.3 Å². The van der Waals surface area contributed by atoms with Gasteiger partial charge in [0, 0.05) is 94.4 Å². The van der Waals surface area contributed by atoms with Crippen LogP contribution in [0.2, 0.25) is 0 Å². The van der Waals surface area contributed by atoms with Gasteiger partial charge in [-0.15, -0.1) is 0 Å². The summed E-state index contributed by atoms with van der Waals surface area (Å²) in [5.41, 5.74) is 11.7. The topological polar surface area (TPSA) is 285 Å². The number of carbonyl (C=O) groups excluding carboxylic acids is 5. The minimum Gasteiger partial charge on any atom is -0.340 e. The molecule has 6 aromatic carbocycles. The van der Waals surface area contributed by atoms with Crippen molar-refractivity contribution in [1.82, 2.24) is 29.0 Å². The van der Waals surface area contributed by atoms with Gasteiger partial charge in [-0.1, -0.05) is 79.2 Å². The van der Waals surface area contributed by atoms with Gasteiger partial charge in [0.25, 0.3) is 11.8 Å². The summed E-state index contributed by atoms with van der Waals surface area (Å²) >= 11 is 0. The minimum absolute atomic E-state index is 0.152. The van der Waals surface area contributed by atoms with Crippen LogP contribution in [0, 0.1) is 17.6 Å². The maximum absolute atomic E-state index is 13.6. The van der Waals surface area contributed by atoms with Gasteiger partial charge in [-0.25, -0.2) is 42.5 Å². The Bertz CT molecular complexity index is 4020. The molecular formula is C65H75F2N7O13S4. The third kappa shape index (κ3) is 19.5. The summed E-state index contributed by atoms with van der Waals surface area (Å²) in [6.45, 7) is 1.56. The molecule has 4 amide bonds. The summed E-state index contributed by atoms with van der Waals surface area (Å²) < 4.78 is 122. The Hall–Kier alpha value is -7.59. The van der Waals surface area contributed by atoms with Crippen molar-refractivity contribution in [3.8, 4) is 22.3 Å². The van der Waals surface area contributed by atoms with Crippen molar-refractivity contribution in [1.29, 1.82) is 0 Å². The molecule has 2 aliphatic carbocycles. The molecule has 2 heterocycles. The van der Waals surface area contributed by atoms with Crippen molar-refractivity contribution < 1.29 is 66.4 Å². The Balaban J connectivity index is 0.000000204. The highest BCUT2D eigenvalue weighted by Crippen LogP contribution is 2.50. The molecule has 0 radical (unpaired) electrons. The number of carbonyl (C=O) groups is 5. The first-order chi connectivity index (χ1) is 43.0. The summed E-state index contributed by atoms with van der Waals surface area (Å²) in [6, 6.07) is 38.0. The summed E-state index contributed by atoms with van der Waals surface area (Å²) in [6.07, 6.45) is 8.97. The monoisotopic (exact) mass is 1330 g/mol. The highest BCUT2D eigenvalue weighted by Gasteiger charge is 2.39. The van der Waals surface area contributed by atoms with Gasteiger partial charge in [-0.2, -0.15) is 8.61 Å². The van der Waals surface area contributed by atoms with Crippen molar-refractivity contribution in [2.45, 2.75) is 78.3 Å². The van der Waals surface area contributed by atoms with E-state index in [1.165, 1.54) is 55.5 Å². The van der Waals surface area contributed by atoms with Gasteiger partial charge < -0.3 is 31.0 Å². The summed E-state index contributed by atoms with van der Waals surface area (Å²) in [5.74, 6) is -0.733. The molecule has 4 N–H and O–H groups in total. The first kappa shape index (κ1) is 69.3. The highest BCUT2D eigenvalue weighted by atomic mass is 32.2. The molecule has 20 nitrogen and oxygen atoms in total. The molecule has 0 unspecified atom stereocenters. The molecule has 26 heteroatoms. The van der Waals surface area contributed by atoms with Crippen LogP contribution in [0.25, 0.3) is 22.3 Å². The zero-order valence-electron chi connectivity index (χ0n) is 50.9. The van der Waals surface area contributed by atoms with E-state index in [1.807, 2.05) is 24.3 Å². The quantitative estimate of drug-likeness (QED) is 0.0712. The average Bonchev–Trinajstić information content (AvgIpc) is 1.84. The van der Waals surface area contributed by atoms with Crippen LogP contribution in [0.15, 0.2) is 155 Å². The largest absolute Gasteiger partial charge is 0.340 e. The number of sulfone groups is 2. The molecule has 4 fully saturated rings. The fourth-order valence-corrected chi connectivity index (χ4v) is 13.9. The van der Waals surface area contributed by atoms with E-state index in [-0.39, 0.29) is 91.7 Å². The number of halogens is 2. The summed E-state index contributed by atoms with van der Waals surface area (Å²) in [5, 5.41) is 5.52. The normalized spacial score (nSPS) is 19.2. The van der Waals surface area contributed by atoms with Crippen molar-refractivity contribution in [3.63, 3.8) is 0 Å². The molecule has 10 rings (SSSR count). The number of nitrogens with one attached hydrogen (secondary N) is 2. The Morgan fingerprint density at radius 3 is 1.18 bits per heavy atom. The van der Waals surface area contributed by atoms with E-state index in [0.717, 1.165) is 72.1 Å². The molecule has 0 spiro atoms. The van der Waals surface area contributed by atoms with Gasteiger partial charge in [0.1, 0.15) is 30.0 Å². The molecule has 6 atom stereocenters. The Morgan fingerprint density at radius 1 is 0.495 bits per heavy atom. The van der Waals surface area contributed by atoms with Gasteiger partial charge in [-0.3, -0.25) is 19.2 Å². The molecule has 91 heavy (non-hydrogen) atoms. The van der Waals surface area contributed by atoms with E-state index in [9.17, 15) is 66.4 Å². The van der Waals surface area contributed by atoms with E-state index in [4.69, 9.17) is 5.73 Å². The zero-order valence-corrected chi connectivity index (χ0v) is 54.1. The predicted octanol–water partition coefficient (Wildman–Crippen LogP) is 6.26. The second kappa shape index (κ2) is 29.8. The fourth-order valence-electron chi connectivity index (χ4n) is 11.0. The molecule has 0 bridgehead atoms. The highest BCUT2D eigenvalue weighted by molar-refractivity contribution is 7.91. The SMILES string of the molecule is CS(=O)(=O)c1ccc(-c2ccc(C(=O)N[C@@H](CC=O)C(=O)N3CCN(S(C)(=O)=O)CC3)cc2)cc1.CS(=O)(=O)c1ccc(-c2ccc(C(=O)N[C@@H](CCC[C@@H]3C[C@H]3c3ccc(F)cc3)C(=O)N3CCN(S(C)(=O)=O)CC3)cc2)cc1.N[C@@H]1C[C@H]1c1ccc(F)cc1. The molecule has 6 aromatic rings. The number of amides is 4. The van der Waals surface area contributed by atoms with E-state index >= 15 is 0 Å². The lowest BCUT2D eigenvalue weighted by atomic mass is 10.0.